The minimum atomic E-state index is -4.32. The molecule has 2 aliphatic heterocycles. The highest BCUT2D eigenvalue weighted by molar-refractivity contribution is 5.76. The molecule has 7 nitrogen and oxygen atoms in total. The summed E-state index contributed by atoms with van der Waals surface area (Å²) in [7, 11) is 0. The maximum atomic E-state index is 12.6. The van der Waals surface area contributed by atoms with Crippen LogP contribution in [0.3, 0.4) is 0 Å². The van der Waals surface area contributed by atoms with Gasteiger partial charge in [-0.25, -0.2) is 9.78 Å². The molecule has 2 saturated heterocycles. The van der Waals surface area contributed by atoms with E-state index in [-0.39, 0.29) is 18.0 Å². The molecule has 0 saturated carbocycles. The van der Waals surface area contributed by atoms with E-state index in [0.29, 0.717) is 32.7 Å². The van der Waals surface area contributed by atoms with E-state index >= 15 is 0 Å². The zero-order valence-electron chi connectivity index (χ0n) is 15.1. The number of likely N-dealkylation sites (tertiary alicyclic amines) is 2. The Morgan fingerprint density at radius 3 is 2.57 bits per heavy atom. The van der Waals surface area contributed by atoms with Crippen LogP contribution in [-0.2, 0) is 12.7 Å². The molecule has 4 rings (SSSR count). The lowest BCUT2D eigenvalue weighted by molar-refractivity contribution is -0.137. The van der Waals surface area contributed by atoms with E-state index in [2.05, 4.69) is 20.5 Å². The van der Waals surface area contributed by atoms with Crippen molar-refractivity contribution < 1.29 is 18.0 Å². The zero-order valence-corrected chi connectivity index (χ0v) is 15.1. The van der Waals surface area contributed by atoms with Gasteiger partial charge in [0.05, 0.1) is 5.56 Å². The third-order valence-electron chi connectivity index (χ3n) is 5.31. The molecule has 0 radical (unpaired) electrons. The van der Waals surface area contributed by atoms with Crippen molar-refractivity contribution in [3.63, 3.8) is 0 Å². The summed E-state index contributed by atoms with van der Waals surface area (Å²) < 4.78 is 37.7. The Balaban J connectivity index is 1.20. The Morgan fingerprint density at radius 1 is 1.18 bits per heavy atom. The highest BCUT2D eigenvalue weighted by atomic mass is 19.4. The number of urea groups is 1. The number of hydrogen-bond acceptors (Lipinski definition) is 4. The summed E-state index contributed by atoms with van der Waals surface area (Å²) in [4.78, 5) is 20.3. The van der Waals surface area contributed by atoms with E-state index in [4.69, 9.17) is 0 Å². The molecule has 0 spiro atoms. The molecule has 0 unspecified atom stereocenters. The number of nitrogens with one attached hydrogen (secondary N) is 2. The standard InChI is InChI=1S/C18H21F3N6O/c19-18(20,21)14-3-1-12(2-4-14)7-22-15-9-27(10-15)17(28)26-6-5-13(8-26)16-23-11-24-25-16/h1-4,11,13,15,22H,5-10H2,(H,23,24,25)/t13-/m0/s1. The van der Waals surface area contributed by atoms with Crippen molar-refractivity contribution in [2.45, 2.75) is 31.1 Å². The molecule has 2 amide bonds. The number of rotatable bonds is 4. The third-order valence-corrected chi connectivity index (χ3v) is 5.31. The van der Waals surface area contributed by atoms with Crippen LogP contribution in [0, 0.1) is 0 Å². The van der Waals surface area contributed by atoms with Crippen molar-refractivity contribution in [3.05, 3.63) is 47.5 Å². The van der Waals surface area contributed by atoms with Gasteiger partial charge in [-0.1, -0.05) is 12.1 Å². The molecule has 3 heterocycles. The first-order chi connectivity index (χ1) is 13.4. The summed E-state index contributed by atoms with van der Waals surface area (Å²) in [6.07, 6.45) is -1.98. The number of H-pyrrole nitrogens is 1. The van der Waals surface area contributed by atoms with Crippen molar-refractivity contribution in [3.8, 4) is 0 Å². The molecule has 2 fully saturated rings. The second-order valence-corrected chi connectivity index (χ2v) is 7.26. The van der Waals surface area contributed by atoms with Gasteiger partial charge in [-0.05, 0) is 24.1 Å². The molecule has 2 aliphatic rings. The summed E-state index contributed by atoms with van der Waals surface area (Å²) in [6.45, 7) is 3.01. The van der Waals surface area contributed by atoms with Crippen molar-refractivity contribution in [1.82, 2.24) is 30.3 Å². The monoisotopic (exact) mass is 394 g/mol. The number of aromatic nitrogens is 3. The van der Waals surface area contributed by atoms with Crippen LogP contribution in [-0.4, -0.2) is 63.2 Å². The van der Waals surface area contributed by atoms with Crippen LogP contribution in [0.15, 0.2) is 30.6 Å². The van der Waals surface area contributed by atoms with E-state index in [1.165, 1.54) is 18.5 Å². The maximum absolute atomic E-state index is 12.6. The molecule has 1 atom stereocenters. The first-order valence-corrected chi connectivity index (χ1v) is 9.19. The Hall–Kier alpha value is -2.62. The normalized spacial score (nSPS) is 20.5. The van der Waals surface area contributed by atoms with Crippen LogP contribution < -0.4 is 5.32 Å². The molecule has 10 heteroatoms. The van der Waals surface area contributed by atoms with Gasteiger partial charge in [0, 0.05) is 44.7 Å². The number of aromatic amines is 1. The number of carbonyl (C=O) groups is 1. The highest BCUT2D eigenvalue weighted by Gasteiger charge is 2.37. The lowest BCUT2D eigenvalue weighted by Gasteiger charge is -2.41. The van der Waals surface area contributed by atoms with Gasteiger partial charge in [-0.15, -0.1) is 0 Å². The van der Waals surface area contributed by atoms with Crippen LogP contribution in [0.2, 0.25) is 0 Å². The molecule has 0 bridgehead atoms. The van der Waals surface area contributed by atoms with Crippen LogP contribution in [0.4, 0.5) is 18.0 Å². The summed E-state index contributed by atoms with van der Waals surface area (Å²) in [5.41, 5.74) is 0.137. The molecular formula is C18H21F3N6O. The average molecular weight is 394 g/mol. The van der Waals surface area contributed by atoms with E-state index < -0.39 is 11.7 Å². The van der Waals surface area contributed by atoms with Crippen LogP contribution >= 0.6 is 0 Å². The Bertz CT molecular complexity index is 802. The average Bonchev–Trinajstić information content (AvgIpc) is 3.31. The van der Waals surface area contributed by atoms with Gasteiger partial charge in [0.2, 0.25) is 0 Å². The van der Waals surface area contributed by atoms with Gasteiger partial charge >= 0.3 is 12.2 Å². The van der Waals surface area contributed by atoms with Crippen molar-refractivity contribution >= 4 is 6.03 Å². The van der Waals surface area contributed by atoms with Crippen LogP contribution in [0.5, 0.6) is 0 Å². The van der Waals surface area contributed by atoms with Gasteiger partial charge in [-0.3, -0.25) is 5.10 Å². The Labute approximate surface area is 159 Å². The van der Waals surface area contributed by atoms with E-state index in [9.17, 15) is 18.0 Å². The minimum Gasteiger partial charge on any atom is -0.324 e. The molecule has 1 aromatic carbocycles. The van der Waals surface area contributed by atoms with E-state index in [0.717, 1.165) is 29.9 Å². The molecule has 0 aliphatic carbocycles. The number of hydrogen-bond donors (Lipinski definition) is 2. The summed E-state index contributed by atoms with van der Waals surface area (Å²) in [5, 5.41) is 10.0. The van der Waals surface area contributed by atoms with Crippen molar-refractivity contribution in [2.24, 2.45) is 0 Å². The van der Waals surface area contributed by atoms with Crippen LogP contribution in [0.25, 0.3) is 0 Å². The topological polar surface area (TPSA) is 77.2 Å². The largest absolute Gasteiger partial charge is 0.416 e. The van der Waals surface area contributed by atoms with Gasteiger partial charge < -0.3 is 15.1 Å². The fraction of sp³-hybridized carbons (Fsp3) is 0.500. The molecule has 28 heavy (non-hydrogen) atoms. The molecule has 2 aromatic rings. The number of amides is 2. The fourth-order valence-corrected chi connectivity index (χ4v) is 3.61. The lowest BCUT2D eigenvalue weighted by atomic mass is 10.1. The predicted molar refractivity (Wildman–Crippen MR) is 94.4 cm³/mol. The second-order valence-electron chi connectivity index (χ2n) is 7.26. The number of carbonyl (C=O) groups excluding carboxylic acids is 1. The number of halogens is 3. The third kappa shape index (κ3) is 3.96. The lowest BCUT2D eigenvalue weighted by Crippen LogP contribution is -2.62. The predicted octanol–water partition coefficient (Wildman–Crippen LogP) is 2.21. The van der Waals surface area contributed by atoms with Gasteiger partial charge in [0.15, 0.2) is 0 Å². The quantitative estimate of drug-likeness (QED) is 0.834. The zero-order chi connectivity index (χ0) is 19.7. The smallest absolute Gasteiger partial charge is 0.324 e. The van der Waals surface area contributed by atoms with Crippen molar-refractivity contribution in [1.29, 1.82) is 0 Å². The Morgan fingerprint density at radius 2 is 1.93 bits per heavy atom. The number of benzene rings is 1. The summed E-state index contributed by atoms with van der Waals surface area (Å²) in [5.74, 6) is 1.01. The summed E-state index contributed by atoms with van der Waals surface area (Å²) in [6, 6.07) is 5.31. The van der Waals surface area contributed by atoms with Gasteiger partial charge in [0.25, 0.3) is 0 Å². The molecular weight excluding hydrogens is 373 g/mol. The molecule has 1 aromatic heterocycles. The van der Waals surface area contributed by atoms with E-state index in [1.54, 1.807) is 4.90 Å². The number of nitrogens with zero attached hydrogens (tertiary/aromatic N) is 4. The highest BCUT2D eigenvalue weighted by Crippen LogP contribution is 2.29. The Kier molecular flexibility index (Phi) is 4.96. The maximum Gasteiger partial charge on any atom is 0.416 e. The minimum absolute atomic E-state index is 0.0228. The second kappa shape index (κ2) is 7.42. The van der Waals surface area contributed by atoms with Crippen LogP contribution in [0.1, 0.15) is 29.3 Å². The number of alkyl halides is 3. The first-order valence-electron chi connectivity index (χ1n) is 9.19. The van der Waals surface area contributed by atoms with Crippen molar-refractivity contribution in [2.75, 3.05) is 26.2 Å². The van der Waals surface area contributed by atoms with Gasteiger partial charge in [-0.2, -0.15) is 18.3 Å². The molecule has 150 valence electrons. The first kappa shape index (κ1) is 18.7. The fourth-order valence-electron chi connectivity index (χ4n) is 3.61. The molecule has 2 N–H and O–H groups in total. The summed E-state index contributed by atoms with van der Waals surface area (Å²) >= 11 is 0. The SMILES string of the molecule is O=C(N1CC(NCc2ccc(C(F)(F)F)cc2)C1)N1CC[C@H](c2ncn[nH]2)C1. The van der Waals surface area contributed by atoms with E-state index in [1.807, 2.05) is 4.90 Å². The van der Waals surface area contributed by atoms with Gasteiger partial charge in [0.1, 0.15) is 12.2 Å².